The average molecular weight is 184 g/mol. The Kier molecular flexibility index (Phi) is 3.06. The Labute approximate surface area is 78.2 Å². The van der Waals surface area contributed by atoms with E-state index < -0.39 is 5.60 Å². The van der Waals surface area contributed by atoms with Crippen LogP contribution in [0.2, 0.25) is 0 Å². The van der Waals surface area contributed by atoms with Crippen molar-refractivity contribution in [3.63, 3.8) is 0 Å². The van der Waals surface area contributed by atoms with Crippen molar-refractivity contribution in [3.8, 4) is 0 Å². The number of aromatic nitrogens is 2. The molecule has 0 atom stereocenters. The zero-order chi connectivity index (χ0) is 9.90. The van der Waals surface area contributed by atoms with Gasteiger partial charge in [0.2, 0.25) is 0 Å². The summed E-state index contributed by atoms with van der Waals surface area (Å²) in [5.74, 6) is 0.838. The number of aliphatic hydroxyl groups is 1. The SMILES string of the molecule is COCc1nccn1CC(C)(C)O. The lowest BCUT2D eigenvalue weighted by atomic mass is 10.1. The molecular weight excluding hydrogens is 168 g/mol. The lowest BCUT2D eigenvalue weighted by Gasteiger charge is -2.18. The molecule has 0 radical (unpaired) electrons. The summed E-state index contributed by atoms with van der Waals surface area (Å²) in [5.41, 5.74) is -0.719. The second-order valence-corrected chi connectivity index (χ2v) is 3.72. The Morgan fingerprint density at radius 2 is 2.31 bits per heavy atom. The molecule has 0 bridgehead atoms. The van der Waals surface area contributed by atoms with Crippen LogP contribution in [-0.4, -0.2) is 27.4 Å². The first-order valence-corrected chi connectivity index (χ1v) is 4.24. The van der Waals surface area contributed by atoms with Crippen LogP contribution in [0, 0.1) is 0 Å². The largest absolute Gasteiger partial charge is 0.389 e. The Balaban J connectivity index is 2.70. The molecule has 0 aliphatic heterocycles. The minimum Gasteiger partial charge on any atom is -0.389 e. The summed E-state index contributed by atoms with van der Waals surface area (Å²) in [6.07, 6.45) is 3.55. The third-order valence-electron chi connectivity index (χ3n) is 1.63. The van der Waals surface area contributed by atoms with Crippen LogP contribution in [0.25, 0.3) is 0 Å². The van der Waals surface area contributed by atoms with E-state index in [1.165, 1.54) is 0 Å². The molecule has 1 heterocycles. The van der Waals surface area contributed by atoms with E-state index in [0.29, 0.717) is 13.2 Å². The molecule has 0 spiro atoms. The minimum atomic E-state index is -0.719. The number of rotatable bonds is 4. The van der Waals surface area contributed by atoms with Gasteiger partial charge in [-0.1, -0.05) is 0 Å². The maximum atomic E-state index is 9.59. The normalized spacial score (nSPS) is 12.0. The van der Waals surface area contributed by atoms with Gasteiger partial charge in [0.25, 0.3) is 0 Å². The van der Waals surface area contributed by atoms with E-state index in [1.807, 2.05) is 10.8 Å². The van der Waals surface area contributed by atoms with Gasteiger partial charge in [-0.25, -0.2) is 4.98 Å². The molecule has 0 fully saturated rings. The third-order valence-corrected chi connectivity index (χ3v) is 1.63. The first-order chi connectivity index (χ1) is 6.03. The van der Waals surface area contributed by atoms with Crippen molar-refractivity contribution in [1.29, 1.82) is 0 Å². The molecule has 1 aromatic heterocycles. The van der Waals surface area contributed by atoms with E-state index in [2.05, 4.69) is 4.98 Å². The molecule has 0 aliphatic carbocycles. The predicted molar refractivity (Wildman–Crippen MR) is 49.2 cm³/mol. The van der Waals surface area contributed by atoms with Gasteiger partial charge >= 0.3 is 0 Å². The third kappa shape index (κ3) is 3.16. The van der Waals surface area contributed by atoms with Crippen LogP contribution in [-0.2, 0) is 17.9 Å². The smallest absolute Gasteiger partial charge is 0.134 e. The highest BCUT2D eigenvalue weighted by molar-refractivity contribution is 4.92. The predicted octanol–water partition coefficient (Wildman–Crippen LogP) is 0.800. The first-order valence-electron chi connectivity index (χ1n) is 4.24. The molecule has 74 valence electrons. The quantitative estimate of drug-likeness (QED) is 0.753. The molecular formula is C9H16N2O2. The second kappa shape index (κ2) is 3.89. The average Bonchev–Trinajstić information content (AvgIpc) is 2.34. The van der Waals surface area contributed by atoms with Crippen molar-refractivity contribution in [2.75, 3.05) is 7.11 Å². The van der Waals surface area contributed by atoms with E-state index in [0.717, 1.165) is 5.82 Å². The summed E-state index contributed by atoms with van der Waals surface area (Å²) in [7, 11) is 1.63. The number of imidazole rings is 1. The van der Waals surface area contributed by atoms with Crippen molar-refractivity contribution in [1.82, 2.24) is 9.55 Å². The van der Waals surface area contributed by atoms with Crippen LogP contribution < -0.4 is 0 Å². The van der Waals surface area contributed by atoms with Crippen LogP contribution >= 0.6 is 0 Å². The molecule has 13 heavy (non-hydrogen) atoms. The molecule has 4 heteroatoms. The number of hydrogen-bond acceptors (Lipinski definition) is 3. The van der Waals surface area contributed by atoms with E-state index in [1.54, 1.807) is 27.2 Å². The van der Waals surface area contributed by atoms with Gasteiger partial charge in [-0.2, -0.15) is 0 Å². The molecule has 0 saturated carbocycles. The van der Waals surface area contributed by atoms with Crippen molar-refractivity contribution in [2.24, 2.45) is 0 Å². The fourth-order valence-corrected chi connectivity index (χ4v) is 1.17. The number of methoxy groups -OCH3 is 1. The fourth-order valence-electron chi connectivity index (χ4n) is 1.17. The van der Waals surface area contributed by atoms with Crippen LogP contribution in [0.5, 0.6) is 0 Å². The van der Waals surface area contributed by atoms with Crippen LogP contribution in [0.4, 0.5) is 0 Å². The molecule has 0 unspecified atom stereocenters. The highest BCUT2D eigenvalue weighted by Gasteiger charge is 2.15. The highest BCUT2D eigenvalue weighted by atomic mass is 16.5. The number of nitrogens with zero attached hydrogens (tertiary/aromatic N) is 2. The van der Waals surface area contributed by atoms with Gasteiger partial charge < -0.3 is 14.4 Å². The number of hydrogen-bond donors (Lipinski definition) is 1. The lowest BCUT2D eigenvalue weighted by molar-refractivity contribution is 0.0584. The first kappa shape index (κ1) is 10.2. The van der Waals surface area contributed by atoms with Crippen molar-refractivity contribution in [2.45, 2.75) is 32.6 Å². The summed E-state index contributed by atoms with van der Waals surface area (Å²) < 4.78 is 6.87. The Morgan fingerprint density at radius 3 is 2.85 bits per heavy atom. The zero-order valence-corrected chi connectivity index (χ0v) is 8.32. The highest BCUT2D eigenvalue weighted by Crippen LogP contribution is 2.08. The van der Waals surface area contributed by atoms with Gasteiger partial charge in [-0.15, -0.1) is 0 Å². The topological polar surface area (TPSA) is 47.3 Å². The van der Waals surface area contributed by atoms with E-state index >= 15 is 0 Å². The zero-order valence-electron chi connectivity index (χ0n) is 8.32. The van der Waals surface area contributed by atoms with Gasteiger partial charge in [0.05, 0.1) is 12.1 Å². The maximum Gasteiger partial charge on any atom is 0.134 e. The summed E-state index contributed by atoms with van der Waals surface area (Å²) in [6, 6.07) is 0. The van der Waals surface area contributed by atoms with Gasteiger partial charge in [-0.05, 0) is 13.8 Å². The van der Waals surface area contributed by atoms with Gasteiger partial charge in [-0.3, -0.25) is 0 Å². The summed E-state index contributed by atoms with van der Waals surface area (Å²) >= 11 is 0. The maximum absolute atomic E-state index is 9.59. The summed E-state index contributed by atoms with van der Waals surface area (Å²) in [4.78, 5) is 4.12. The summed E-state index contributed by atoms with van der Waals surface area (Å²) in [6.45, 7) is 4.54. The van der Waals surface area contributed by atoms with Gasteiger partial charge in [0.15, 0.2) is 0 Å². The van der Waals surface area contributed by atoms with E-state index in [-0.39, 0.29) is 0 Å². The van der Waals surface area contributed by atoms with Crippen molar-refractivity contribution in [3.05, 3.63) is 18.2 Å². The van der Waals surface area contributed by atoms with Crippen LogP contribution in [0.15, 0.2) is 12.4 Å². The van der Waals surface area contributed by atoms with E-state index in [4.69, 9.17) is 4.74 Å². The van der Waals surface area contributed by atoms with Crippen LogP contribution in [0.1, 0.15) is 19.7 Å². The Bertz CT molecular complexity index is 263. The monoisotopic (exact) mass is 184 g/mol. The molecule has 0 saturated heterocycles. The second-order valence-electron chi connectivity index (χ2n) is 3.72. The van der Waals surface area contributed by atoms with Crippen LogP contribution in [0.3, 0.4) is 0 Å². The van der Waals surface area contributed by atoms with Gasteiger partial charge in [0.1, 0.15) is 12.4 Å². The summed E-state index contributed by atoms with van der Waals surface area (Å²) in [5, 5.41) is 9.59. The minimum absolute atomic E-state index is 0.475. The molecule has 4 nitrogen and oxygen atoms in total. The molecule has 0 aromatic carbocycles. The Morgan fingerprint density at radius 1 is 1.62 bits per heavy atom. The lowest BCUT2D eigenvalue weighted by Crippen LogP contribution is -2.26. The van der Waals surface area contributed by atoms with Crippen molar-refractivity contribution >= 4 is 0 Å². The molecule has 0 aliphatic rings. The molecule has 0 amide bonds. The van der Waals surface area contributed by atoms with Crippen molar-refractivity contribution < 1.29 is 9.84 Å². The molecule has 1 aromatic rings. The van der Waals surface area contributed by atoms with Gasteiger partial charge in [0, 0.05) is 19.5 Å². The number of ether oxygens (including phenoxy) is 1. The molecule has 1 N–H and O–H groups in total. The fraction of sp³-hybridized carbons (Fsp3) is 0.667. The molecule has 1 rings (SSSR count). The van der Waals surface area contributed by atoms with E-state index in [9.17, 15) is 5.11 Å². The Hall–Kier alpha value is -0.870. The standard InChI is InChI=1S/C9H16N2O2/c1-9(2,12)7-11-5-4-10-8(11)6-13-3/h4-5,12H,6-7H2,1-3H3.